The van der Waals surface area contributed by atoms with Crippen molar-refractivity contribution in [3.63, 3.8) is 0 Å². The zero-order valence-electron chi connectivity index (χ0n) is 28.1. The highest BCUT2D eigenvalue weighted by atomic mass is 79.9. The molecule has 2 aliphatic heterocycles. The first kappa shape index (κ1) is 32.7. The van der Waals surface area contributed by atoms with Crippen LogP contribution < -0.4 is 9.80 Å². The van der Waals surface area contributed by atoms with Gasteiger partial charge in [-0.15, -0.1) is 0 Å². The van der Waals surface area contributed by atoms with Crippen molar-refractivity contribution >= 4 is 64.8 Å². The molecule has 6 aromatic carbocycles. The number of hydrogen-bond acceptors (Lipinski definition) is 2. The van der Waals surface area contributed by atoms with Gasteiger partial charge in [0, 0.05) is 79.9 Å². The van der Waals surface area contributed by atoms with E-state index in [1.807, 2.05) is 0 Å². The van der Waals surface area contributed by atoms with E-state index in [-0.39, 0.29) is 0 Å². The van der Waals surface area contributed by atoms with Crippen molar-refractivity contribution in [3.05, 3.63) is 140 Å². The Kier molecular flexibility index (Phi) is 9.67. The fourth-order valence-electron chi connectivity index (χ4n) is 7.44. The predicted octanol–water partition coefficient (Wildman–Crippen LogP) is 12.0. The molecule has 0 atom stereocenters. The van der Waals surface area contributed by atoms with E-state index in [0.29, 0.717) is 0 Å². The lowest BCUT2D eigenvalue weighted by Crippen LogP contribution is -2.29. The largest absolute Gasteiger partial charge is 0.372 e. The first-order valence-corrected chi connectivity index (χ1v) is 19.4. The molecule has 4 heteroatoms. The minimum atomic E-state index is 0.990. The van der Waals surface area contributed by atoms with Gasteiger partial charge in [0.25, 0.3) is 0 Å². The van der Waals surface area contributed by atoms with Crippen LogP contribution in [-0.2, 0) is 0 Å². The maximum Gasteiger partial charge on any atom is 0.0367 e. The van der Waals surface area contributed by atoms with E-state index >= 15 is 0 Å². The summed E-state index contributed by atoms with van der Waals surface area (Å²) in [5, 5.41) is 4.63. The lowest BCUT2D eigenvalue weighted by atomic mass is 9.87. The van der Waals surface area contributed by atoms with Gasteiger partial charge in [-0.05, 0) is 145 Å². The summed E-state index contributed by atoms with van der Waals surface area (Å²) in [6.07, 6.45) is 7.74. The van der Waals surface area contributed by atoms with Gasteiger partial charge in [-0.1, -0.05) is 79.8 Å². The third kappa shape index (κ3) is 7.07. The van der Waals surface area contributed by atoms with Gasteiger partial charge in [0.15, 0.2) is 0 Å². The summed E-state index contributed by atoms with van der Waals surface area (Å²) in [5.41, 5.74) is 8.82. The van der Waals surface area contributed by atoms with Gasteiger partial charge in [-0.25, -0.2) is 0 Å². The summed E-state index contributed by atoms with van der Waals surface area (Å²) < 4.78 is 2.11. The molecule has 0 radical (unpaired) electrons. The molecule has 2 aliphatic rings. The average Bonchev–Trinajstić information content (AvgIpc) is 3.17. The van der Waals surface area contributed by atoms with Crippen molar-refractivity contribution in [3.8, 4) is 34.8 Å². The normalized spacial score (nSPS) is 14.6. The standard InChI is InChI=1S/C46H38Br2N2/c47-39-19-25-43-37(31-39)17-15-35(13-7-33-9-21-41(22-10-33)49-27-3-1-4-28-49)45(43)46-36(16-18-38-32-40(48)20-26-44(38)46)14-8-34-11-23-42(24-12-34)50-29-5-2-6-30-50/h9-12,15-26,31-32H,1-6,27-30H2. The number of piperidine rings is 2. The van der Waals surface area contributed by atoms with Gasteiger partial charge >= 0.3 is 0 Å². The quantitative estimate of drug-likeness (QED) is 0.165. The van der Waals surface area contributed by atoms with Crippen molar-refractivity contribution in [2.45, 2.75) is 38.5 Å². The summed E-state index contributed by atoms with van der Waals surface area (Å²) in [7, 11) is 0. The number of anilines is 2. The SMILES string of the molecule is Brc1ccc2c(-c3c(C#Cc4ccc(N5CCCCC5)cc4)ccc4cc(Br)ccc34)c(C#Cc3ccc(N4CCCCC4)cc3)ccc2c1. The predicted molar refractivity (Wildman–Crippen MR) is 219 cm³/mol. The van der Waals surface area contributed by atoms with Crippen molar-refractivity contribution in [1.29, 1.82) is 0 Å². The number of fused-ring (bicyclic) bond motifs is 2. The Bertz CT molecular complexity index is 2140. The number of hydrogen-bond donors (Lipinski definition) is 0. The highest BCUT2D eigenvalue weighted by Crippen LogP contribution is 2.40. The highest BCUT2D eigenvalue weighted by Gasteiger charge is 2.17. The topological polar surface area (TPSA) is 6.48 Å². The van der Waals surface area contributed by atoms with Crippen LogP contribution in [0.25, 0.3) is 32.7 Å². The van der Waals surface area contributed by atoms with E-state index in [9.17, 15) is 0 Å². The van der Waals surface area contributed by atoms with Crippen LogP contribution >= 0.6 is 31.9 Å². The summed E-state index contributed by atoms with van der Waals surface area (Å²) in [5.74, 6) is 14.3. The van der Waals surface area contributed by atoms with E-state index in [1.165, 1.54) is 49.9 Å². The van der Waals surface area contributed by atoms with Crippen molar-refractivity contribution in [1.82, 2.24) is 0 Å². The molecule has 0 bridgehead atoms. The number of rotatable bonds is 3. The summed E-state index contributed by atoms with van der Waals surface area (Å²) in [6.45, 7) is 4.55. The van der Waals surface area contributed by atoms with Crippen LogP contribution in [0.15, 0.2) is 118 Å². The van der Waals surface area contributed by atoms with E-state index in [0.717, 1.165) is 90.1 Å². The van der Waals surface area contributed by atoms with E-state index < -0.39 is 0 Å². The fraction of sp³-hybridized carbons (Fsp3) is 0.217. The van der Waals surface area contributed by atoms with Crippen LogP contribution in [-0.4, -0.2) is 26.2 Å². The molecule has 0 aromatic heterocycles. The van der Waals surface area contributed by atoms with Crippen LogP contribution in [0, 0.1) is 23.7 Å². The fourth-order valence-corrected chi connectivity index (χ4v) is 8.20. The average molecular weight is 779 g/mol. The van der Waals surface area contributed by atoms with Crippen molar-refractivity contribution < 1.29 is 0 Å². The minimum absolute atomic E-state index is 0.990. The second kappa shape index (κ2) is 14.8. The Balaban J connectivity index is 1.24. The second-order valence-corrected chi connectivity index (χ2v) is 15.2. The third-order valence-corrected chi connectivity index (χ3v) is 11.1. The monoisotopic (exact) mass is 776 g/mol. The Morgan fingerprint density at radius 2 is 0.800 bits per heavy atom. The molecular weight excluding hydrogens is 740 g/mol. The van der Waals surface area contributed by atoms with Crippen LogP contribution in [0.2, 0.25) is 0 Å². The molecule has 0 spiro atoms. The van der Waals surface area contributed by atoms with Gasteiger partial charge in [0.2, 0.25) is 0 Å². The molecule has 2 heterocycles. The molecule has 246 valence electrons. The third-order valence-electron chi connectivity index (χ3n) is 10.1. The van der Waals surface area contributed by atoms with Crippen molar-refractivity contribution in [2.24, 2.45) is 0 Å². The van der Waals surface area contributed by atoms with Crippen LogP contribution in [0.5, 0.6) is 0 Å². The molecule has 8 rings (SSSR count). The Morgan fingerprint density at radius 3 is 1.20 bits per heavy atom. The van der Waals surface area contributed by atoms with E-state index in [2.05, 4.69) is 175 Å². The summed E-state index contributed by atoms with van der Waals surface area (Å²) >= 11 is 7.42. The molecule has 0 aliphatic carbocycles. The van der Waals surface area contributed by atoms with Crippen LogP contribution in [0.1, 0.15) is 60.8 Å². The minimum Gasteiger partial charge on any atom is -0.372 e. The molecule has 0 saturated carbocycles. The van der Waals surface area contributed by atoms with Gasteiger partial charge in [-0.2, -0.15) is 0 Å². The van der Waals surface area contributed by atoms with Crippen LogP contribution in [0.4, 0.5) is 11.4 Å². The summed E-state index contributed by atoms with van der Waals surface area (Å²) in [4.78, 5) is 4.98. The molecule has 50 heavy (non-hydrogen) atoms. The Labute approximate surface area is 312 Å². The maximum absolute atomic E-state index is 3.71. The lowest BCUT2D eigenvalue weighted by Gasteiger charge is -2.28. The van der Waals surface area contributed by atoms with E-state index in [4.69, 9.17) is 0 Å². The van der Waals surface area contributed by atoms with Crippen LogP contribution in [0.3, 0.4) is 0 Å². The number of benzene rings is 6. The molecule has 0 N–H and O–H groups in total. The zero-order valence-corrected chi connectivity index (χ0v) is 31.3. The van der Waals surface area contributed by atoms with Gasteiger partial charge < -0.3 is 9.80 Å². The Hall–Kier alpha value is -4.48. The molecule has 2 fully saturated rings. The maximum atomic E-state index is 3.71. The molecular formula is C46H38Br2N2. The lowest BCUT2D eigenvalue weighted by molar-refractivity contribution is 0.578. The second-order valence-electron chi connectivity index (χ2n) is 13.4. The highest BCUT2D eigenvalue weighted by molar-refractivity contribution is 9.10. The van der Waals surface area contributed by atoms with Gasteiger partial charge in [-0.3, -0.25) is 0 Å². The number of halogens is 2. The van der Waals surface area contributed by atoms with E-state index in [1.54, 1.807) is 0 Å². The first-order chi connectivity index (χ1) is 24.6. The van der Waals surface area contributed by atoms with Gasteiger partial charge in [0.05, 0.1) is 0 Å². The zero-order chi connectivity index (χ0) is 33.9. The molecule has 6 aromatic rings. The first-order valence-electron chi connectivity index (χ1n) is 17.8. The smallest absolute Gasteiger partial charge is 0.0367 e. The van der Waals surface area contributed by atoms with Crippen molar-refractivity contribution in [2.75, 3.05) is 36.0 Å². The van der Waals surface area contributed by atoms with Gasteiger partial charge in [0.1, 0.15) is 0 Å². The Morgan fingerprint density at radius 1 is 0.400 bits per heavy atom. The number of nitrogens with zero attached hydrogens (tertiary/aromatic N) is 2. The molecule has 0 unspecified atom stereocenters. The summed E-state index contributed by atoms with van der Waals surface area (Å²) in [6, 6.07) is 39.3. The molecule has 2 saturated heterocycles. The molecule has 0 amide bonds. The molecule has 2 nitrogen and oxygen atoms in total.